The Hall–Kier alpha value is -2.10. The summed E-state index contributed by atoms with van der Waals surface area (Å²) >= 11 is 7.40. The summed E-state index contributed by atoms with van der Waals surface area (Å²) in [6.07, 6.45) is 0.367. The normalized spacial score (nSPS) is 10.6. The van der Waals surface area contributed by atoms with E-state index in [4.69, 9.17) is 17.3 Å². The third-order valence-electron chi connectivity index (χ3n) is 3.33. The standard InChI is InChI=1S/C18H14ClNOS/c19-14-6-4-13(5-7-14)17-8-9-18(22-17)16(21)11-12-2-1-3-15(20)10-12/h1-10H,11,20H2. The smallest absolute Gasteiger partial charge is 0.177 e. The Labute approximate surface area is 138 Å². The quantitative estimate of drug-likeness (QED) is 0.536. The van der Waals surface area contributed by atoms with E-state index in [1.54, 1.807) is 0 Å². The Morgan fingerprint density at radius 2 is 1.82 bits per heavy atom. The van der Waals surface area contributed by atoms with Crippen molar-refractivity contribution in [3.63, 3.8) is 0 Å². The molecule has 0 bridgehead atoms. The van der Waals surface area contributed by atoms with Crippen LogP contribution in [0.4, 0.5) is 5.69 Å². The van der Waals surface area contributed by atoms with Gasteiger partial charge in [-0.1, -0.05) is 35.9 Å². The van der Waals surface area contributed by atoms with E-state index in [-0.39, 0.29) is 5.78 Å². The van der Waals surface area contributed by atoms with Crippen LogP contribution in [0.2, 0.25) is 5.02 Å². The molecule has 1 heterocycles. The predicted molar refractivity (Wildman–Crippen MR) is 93.7 cm³/mol. The molecule has 4 heteroatoms. The van der Waals surface area contributed by atoms with Gasteiger partial charge in [0.2, 0.25) is 0 Å². The van der Waals surface area contributed by atoms with E-state index < -0.39 is 0 Å². The molecule has 2 nitrogen and oxygen atoms in total. The molecule has 0 fully saturated rings. The van der Waals surface area contributed by atoms with Crippen molar-refractivity contribution in [1.82, 2.24) is 0 Å². The molecule has 0 aliphatic carbocycles. The number of rotatable bonds is 4. The zero-order valence-corrected chi connectivity index (χ0v) is 13.3. The van der Waals surface area contributed by atoms with Gasteiger partial charge in [-0.3, -0.25) is 4.79 Å². The Kier molecular flexibility index (Phi) is 4.27. The molecule has 0 unspecified atom stereocenters. The average molecular weight is 328 g/mol. The van der Waals surface area contributed by atoms with E-state index in [0.717, 1.165) is 20.9 Å². The number of carbonyl (C=O) groups is 1. The third kappa shape index (κ3) is 3.38. The fraction of sp³-hybridized carbons (Fsp3) is 0.0556. The minimum absolute atomic E-state index is 0.107. The lowest BCUT2D eigenvalue weighted by atomic mass is 10.1. The molecule has 0 amide bonds. The van der Waals surface area contributed by atoms with Gasteiger partial charge in [0, 0.05) is 22.0 Å². The van der Waals surface area contributed by atoms with E-state index in [2.05, 4.69) is 0 Å². The summed E-state index contributed by atoms with van der Waals surface area (Å²) in [7, 11) is 0. The van der Waals surface area contributed by atoms with Crippen molar-refractivity contribution >= 4 is 34.4 Å². The van der Waals surface area contributed by atoms with Gasteiger partial charge in [0.15, 0.2) is 5.78 Å². The summed E-state index contributed by atoms with van der Waals surface area (Å²) < 4.78 is 0. The zero-order chi connectivity index (χ0) is 15.5. The minimum atomic E-state index is 0.107. The fourth-order valence-corrected chi connectivity index (χ4v) is 3.31. The Bertz CT molecular complexity index is 808. The van der Waals surface area contributed by atoms with Crippen LogP contribution in [-0.4, -0.2) is 5.78 Å². The Morgan fingerprint density at radius 3 is 2.55 bits per heavy atom. The second-order valence-corrected chi connectivity index (χ2v) is 6.54. The van der Waals surface area contributed by atoms with Gasteiger partial charge < -0.3 is 5.73 Å². The molecular weight excluding hydrogens is 314 g/mol. The van der Waals surface area contributed by atoms with Crippen LogP contribution in [0.1, 0.15) is 15.2 Å². The van der Waals surface area contributed by atoms with Gasteiger partial charge in [-0.05, 0) is 47.5 Å². The number of carbonyl (C=O) groups excluding carboxylic acids is 1. The largest absolute Gasteiger partial charge is 0.399 e. The maximum absolute atomic E-state index is 12.4. The molecule has 0 aliphatic rings. The lowest BCUT2D eigenvalue weighted by Gasteiger charge is -2.01. The summed E-state index contributed by atoms with van der Waals surface area (Å²) in [4.78, 5) is 14.2. The van der Waals surface area contributed by atoms with Crippen molar-refractivity contribution in [1.29, 1.82) is 0 Å². The molecule has 0 saturated carbocycles. The average Bonchev–Trinajstić information content (AvgIpc) is 2.98. The van der Waals surface area contributed by atoms with Crippen molar-refractivity contribution in [2.45, 2.75) is 6.42 Å². The number of hydrogen-bond donors (Lipinski definition) is 1. The highest BCUT2D eigenvalue weighted by Crippen LogP contribution is 2.29. The molecule has 0 saturated heterocycles. The van der Waals surface area contributed by atoms with Gasteiger partial charge >= 0.3 is 0 Å². The highest BCUT2D eigenvalue weighted by Gasteiger charge is 2.11. The number of Topliss-reactive ketones (excluding diaryl/α,β-unsaturated/α-hetero) is 1. The first-order chi connectivity index (χ1) is 10.6. The summed E-state index contributed by atoms with van der Waals surface area (Å²) in [5, 5.41) is 0.707. The first-order valence-electron chi connectivity index (χ1n) is 6.85. The number of halogens is 1. The van der Waals surface area contributed by atoms with Crippen LogP contribution in [0, 0.1) is 0 Å². The summed E-state index contributed by atoms with van der Waals surface area (Å²) in [6, 6.07) is 18.9. The first-order valence-corrected chi connectivity index (χ1v) is 8.05. The number of nitrogens with two attached hydrogens (primary N) is 1. The minimum Gasteiger partial charge on any atom is -0.399 e. The topological polar surface area (TPSA) is 43.1 Å². The van der Waals surface area contributed by atoms with Crippen LogP contribution in [-0.2, 0) is 6.42 Å². The number of thiophene rings is 1. The highest BCUT2D eigenvalue weighted by molar-refractivity contribution is 7.17. The number of anilines is 1. The van der Waals surface area contributed by atoms with Crippen molar-refractivity contribution in [3.8, 4) is 10.4 Å². The van der Waals surface area contributed by atoms with Crippen LogP contribution in [0.25, 0.3) is 10.4 Å². The first kappa shape index (κ1) is 14.8. The molecule has 22 heavy (non-hydrogen) atoms. The van der Waals surface area contributed by atoms with Crippen molar-refractivity contribution in [2.75, 3.05) is 5.73 Å². The van der Waals surface area contributed by atoms with E-state index in [9.17, 15) is 4.79 Å². The monoisotopic (exact) mass is 327 g/mol. The molecule has 2 aromatic carbocycles. The zero-order valence-electron chi connectivity index (χ0n) is 11.8. The molecule has 2 N–H and O–H groups in total. The van der Waals surface area contributed by atoms with Gasteiger partial charge in [-0.25, -0.2) is 0 Å². The summed E-state index contributed by atoms with van der Waals surface area (Å²) in [5.41, 5.74) is 8.43. The second-order valence-electron chi connectivity index (χ2n) is 5.02. The molecule has 3 aromatic rings. The van der Waals surface area contributed by atoms with Gasteiger partial charge in [-0.2, -0.15) is 0 Å². The highest BCUT2D eigenvalue weighted by atomic mass is 35.5. The molecule has 0 aliphatic heterocycles. The van der Waals surface area contributed by atoms with E-state index >= 15 is 0 Å². The molecule has 0 atom stereocenters. The molecular formula is C18H14ClNOS. The lowest BCUT2D eigenvalue weighted by molar-refractivity contribution is 0.0997. The Balaban J connectivity index is 1.78. The van der Waals surface area contributed by atoms with Crippen LogP contribution in [0.15, 0.2) is 60.7 Å². The number of ketones is 1. The van der Waals surface area contributed by atoms with Crippen molar-refractivity contribution in [3.05, 3.63) is 76.1 Å². The van der Waals surface area contributed by atoms with Crippen LogP contribution in [0.5, 0.6) is 0 Å². The second kappa shape index (κ2) is 6.34. The van der Waals surface area contributed by atoms with Gasteiger partial charge in [0.25, 0.3) is 0 Å². The van der Waals surface area contributed by atoms with Crippen molar-refractivity contribution in [2.24, 2.45) is 0 Å². The molecule has 0 radical (unpaired) electrons. The number of benzene rings is 2. The van der Waals surface area contributed by atoms with E-state index in [0.29, 0.717) is 17.1 Å². The molecule has 0 spiro atoms. The molecule has 110 valence electrons. The SMILES string of the molecule is Nc1cccc(CC(=O)c2ccc(-c3ccc(Cl)cc3)s2)c1. The summed E-state index contributed by atoms with van der Waals surface area (Å²) in [5.74, 6) is 0.107. The molecule has 3 rings (SSSR count). The van der Waals surface area contributed by atoms with Crippen molar-refractivity contribution < 1.29 is 4.79 Å². The van der Waals surface area contributed by atoms with Gasteiger partial charge in [0.05, 0.1) is 4.88 Å². The van der Waals surface area contributed by atoms with Crippen LogP contribution in [0.3, 0.4) is 0 Å². The number of nitrogen functional groups attached to an aromatic ring is 1. The third-order valence-corrected chi connectivity index (χ3v) is 4.75. The number of hydrogen-bond acceptors (Lipinski definition) is 3. The van der Waals surface area contributed by atoms with Gasteiger partial charge in [0.1, 0.15) is 0 Å². The fourth-order valence-electron chi connectivity index (χ4n) is 2.23. The Morgan fingerprint density at radius 1 is 1.05 bits per heavy atom. The van der Waals surface area contributed by atoms with E-state index in [1.807, 2.05) is 60.7 Å². The maximum atomic E-state index is 12.4. The lowest BCUT2D eigenvalue weighted by Crippen LogP contribution is -2.01. The van der Waals surface area contributed by atoms with Gasteiger partial charge in [-0.15, -0.1) is 11.3 Å². The van der Waals surface area contributed by atoms with Crippen LogP contribution >= 0.6 is 22.9 Å². The molecule has 1 aromatic heterocycles. The maximum Gasteiger partial charge on any atom is 0.177 e. The summed E-state index contributed by atoms with van der Waals surface area (Å²) in [6.45, 7) is 0. The van der Waals surface area contributed by atoms with E-state index in [1.165, 1.54) is 11.3 Å². The predicted octanol–water partition coefficient (Wildman–Crippen LogP) is 5.08. The van der Waals surface area contributed by atoms with Crippen LogP contribution < -0.4 is 5.73 Å².